The number of anilines is 2. The van der Waals surface area contributed by atoms with Crippen molar-refractivity contribution in [1.29, 1.82) is 0 Å². The molecule has 0 aliphatic rings. The molecule has 0 saturated carbocycles. The van der Waals surface area contributed by atoms with Gasteiger partial charge in [-0.3, -0.25) is 20.3 Å². The molecular weight excluding hydrogens is 428 g/mol. The number of sulfonamides is 1. The van der Waals surface area contributed by atoms with Crippen molar-refractivity contribution in [1.82, 2.24) is 0 Å². The van der Waals surface area contributed by atoms with Crippen molar-refractivity contribution in [2.24, 2.45) is 5.10 Å². The number of para-hydroxylation sites is 2. The summed E-state index contributed by atoms with van der Waals surface area (Å²) >= 11 is 1.48. The molecule has 0 radical (unpaired) electrons. The number of aryl methyl sites for hydroxylation is 1. The number of hydrazone groups is 1. The largest absolute Gasteiger partial charge is 0.495 e. The number of rotatable bonds is 8. The Morgan fingerprint density at radius 3 is 2.60 bits per heavy atom. The van der Waals surface area contributed by atoms with Crippen molar-refractivity contribution >= 4 is 44.6 Å². The van der Waals surface area contributed by atoms with Crippen LogP contribution < -0.4 is 14.9 Å². The Hall–Kier alpha value is -3.44. The quantitative estimate of drug-likeness (QED) is 0.303. The molecular formula is C19H18N4O5S2. The van der Waals surface area contributed by atoms with Crippen LogP contribution in [0.2, 0.25) is 0 Å². The molecule has 0 unspecified atom stereocenters. The zero-order valence-electron chi connectivity index (χ0n) is 16.0. The highest BCUT2D eigenvalue weighted by Crippen LogP contribution is 2.31. The van der Waals surface area contributed by atoms with Gasteiger partial charge in [0.05, 0.1) is 29.6 Å². The maximum absolute atomic E-state index is 13.0. The van der Waals surface area contributed by atoms with Crippen LogP contribution in [0, 0.1) is 17.0 Å². The lowest BCUT2D eigenvalue weighted by Crippen LogP contribution is -2.15. The van der Waals surface area contributed by atoms with E-state index in [4.69, 9.17) is 4.74 Å². The fourth-order valence-electron chi connectivity index (χ4n) is 2.55. The highest BCUT2D eigenvalue weighted by molar-refractivity contribution is 7.93. The third-order valence-corrected chi connectivity index (χ3v) is 6.44. The van der Waals surface area contributed by atoms with Gasteiger partial charge < -0.3 is 4.74 Å². The molecule has 3 rings (SSSR count). The molecule has 3 aromatic rings. The van der Waals surface area contributed by atoms with Gasteiger partial charge in [0.25, 0.3) is 15.7 Å². The molecule has 1 heterocycles. The maximum Gasteiger partial charge on any atom is 0.270 e. The predicted octanol–water partition coefficient (Wildman–Crippen LogP) is 4.22. The Balaban J connectivity index is 1.98. The zero-order valence-corrected chi connectivity index (χ0v) is 17.7. The molecule has 9 nitrogen and oxygen atoms in total. The molecule has 0 spiro atoms. The van der Waals surface area contributed by atoms with Gasteiger partial charge in [-0.2, -0.15) is 5.10 Å². The molecule has 0 amide bonds. The number of nitrogens with zero attached hydrogens (tertiary/aromatic N) is 2. The van der Waals surface area contributed by atoms with Gasteiger partial charge in [-0.1, -0.05) is 12.1 Å². The Morgan fingerprint density at radius 1 is 1.17 bits per heavy atom. The minimum atomic E-state index is -4.19. The second-order valence-electron chi connectivity index (χ2n) is 6.08. The van der Waals surface area contributed by atoms with E-state index in [9.17, 15) is 18.5 Å². The third kappa shape index (κ3) is 4.75. The summed E-state index contributed by atoms with van der Waals surface area (Å²) in [4.78, 5) is 11.1. The second kappa shape index (κ2) is 8.93. The van der Waals surface area contributed by atoms with Crippen LogP contribution in [0.4, 0.5) is 17.1 Å². The Morgan fingerprint density at radius 2 is 1.93 bits per heavy atom. The summed E-state index contributed by atoms with van der Waals surface area (Å²) in [5.41, 5.74) is 3.63. The van der Waals surface area contributed by atoms with Crippen LogP contribution in [0.3, 0.4) is 0 Å². The van der Waals surface area contributed by atoms with Gasteiger partial charge in [0.2, 0.25) is 0 Å². The number of nitrogens with one attached hydrogen (secondary N) is 2. The van der Waals surface area contributed by atoms with Crippen molar-refractivity contribution in [3.05, 3.63) is 74.5 Å². The summed E-state index contributed by atoms with van der Waals surface area (Å²) in [6.45, 7) is 1.93. The van der Waals surface area contributed by atoms with Gasteiger partial charge in [-0.15, -0.1) is 11.3 Å². The van der Waals surface area contributed by atoms with Crippen molar-refractivity contribution in [3.8, 4) is 5.75 Å². The highest BCUT2D eigenvalue weighted by atomic mass is 32.2. The third-order valence-electron chi connectivity index (χ3n) is 4.09. The summed E-state index contributed by atoms with van der Waals surface area (Å²) in [5, 5.41) is 17.2. The molecule has 2 aromatic carbocycles. The molecule has 11 heteroatoms. The van der Waals surface area contributed by atoms with E-state index in [1.165, 1.54) is 36.6 Å². The van der Waals surface area contributed by atoms with Gasteiger partial charge in [0.15, 0.2) is 0 Å². The van der Waals surface area contributed by atoms with Crippen LogP contribution in [-0.2, 0) is 10.0 Å². The van der Waals surface area contributed by atoms with Crippen molar-refractivity contribution in [3.63, 3.8) is 0 Å². The van der Waals surface area contributed by atoms with E-state index in [0.29, 0.717) is 5.75 Å². The molecule has 0 aliphatic heterocycles. The zero-order chi connectivity index (χ0) is 21.7. The minimum absolute atomic E-state index is 0.0912. The molecule has 30 heavy (non-hydrogen) atoms. The van der Waals surface area contributed by atoms with E-state index in [0.717, 1.165) is 16.5 Å². The first-order valence-corrected chi connectivity index (χ1v) is 11.0. The molecule has 0 bridgehead atoms. The number of hydrogen-bond acceptors (Lipinski definition) is 8. The molecule has 2 N–H and O–H groups in total. The van der Waals surface area contributed by atoms with Crippen LogP contribution in [0.25, 0.3) is 0 Å². The lowest BCUT2D eigenvalue weighted by molar-refractivity contribution is -0.385. The van der Waals surface area contributed by atoms with Crippen LogP contribution >= 0.6 is 11.3 Å². The first-order chi connectivity index (χ1) is 14.3. The van der Waals surface area contributed by atoms with Crippen LogP contribution in [0.5, 0.6) is 5.75 Å². The maximum atomic E-state index is 13.0. The Kier molecular flexibility index (Phi) is 6.33. The SMILES string of the molecule is COc1ccccc1NS(=O)(=O)c1cc([N+](=O)[O-])ccc1NN=Cc1sccc1C. The van der Waals surface area contributed by atoms with Gasteiger partial charge in [0, 0.05) is 17.0 Å². The summed E-state index contributed by atoms with van der Waals surface area (Å²) in [6.07, 6.45) is 1.56. The summed E-state index contributed by atoms with van der Waals surface area (Å²) in [5.74, 6) is 0.312. The number of ether oxygens (including phenoxy) is 1. The normalized spacial score (nSPS) is 11.4. The number of hydrogen-bond donors (Lipinski definition) is 2. The average molecular weight is 447 g/mol. The van der Waals surface area contributed by atoms with E-state index < -0.39 is 14.9 Å². The van der Waals surface area contributed by atoms with Gasteiger partial charge in [-0.25, -0.2) is 8.42 Å². The van der Waals surface area contributed by atoms with E-state index in [1.54, 1.807) is 24.4 Å². The van der Waals surface area contributed by atoms with Crippen molar-refractivity contribution in [2.45, 2.75) is 11.8 Å². The number of nitro benzene ring substituents is 1. The van der Waals surface area contributed by atoms with E-state index in [1.807, 2.05) is 18.4 Å². The summed E-state index contributed by atoms with van der Waals surface area (Å²) in [7, 11) is -2.78. The number of benzene rings is 2. The number of methoxy groups -OCH3 is 1. The summed E-state index contributed by atoms with van der Waals surface area (Å²) < 4.78 is 33.6. The summed E-state index contributed by atoms with van der Waals surface area (Å²) in [6, 6.07) is 11.9. The highest BCUT2D eigenvalue weighted by Gasteiger charge is 2.23. The first kappa shape index (κ1) is 21.3. The smallest absolute Gasteiger partial charge is 0.270 e. The Labute approximate surface area is 177 Å². The van der Waals surface area contributed by atoms with Crippen LogP contribution in [0.1, 0.15) is 10.4 Å². The van der Waals surface area contributed by atoms with Crippen molar-refractivity contribution in [2.75, 3.05) is 17.3 Å². The molecule has 1 aromatic heterocycles. The van der Waals surface area contributed by atoms with E-state index in [2.05, 4.69) is 15.2 Å². The molecule has 0 fully saturated rings. The average Bonchev–Trinajstić information content (AvgIpc) is 3.13. The fraction of sp³-hybridized carbons (Fsp3) is 0.105. The standard InChI is InChI=1S/C19H18N4O5S2/c1-13-9-10-29-18(13)12-20-21-16-8-7-14(23(24)25)11-19(16)30(26,27)22-15-5-3-4-6-17(15)28-2/h3-12,21-22H,1-2H3. The van der Waals surface area contributed by atoms with E-state index in [-0.39, 0.29) is 22.0 Å². The lowest BCUT2D eigenvalue weighted by atomic mass is 10.3. The van der Waals surface area contributed by atoms with Crippen molar-refractivity contribution < 1.29 is 18.1 Å². The fourth-order valence-corrected chi connectivity index (χ4v) is 4.58. The number of thiophene rings is 1. The predicted molar refractivity (Wildman–Crippen MR) is 117 cm³/mol. The van der Waals surface area contributed by atoms with Gasteiger partial charge in [0.1, 0.15) is 10.6 Å². The van der Waals surface area contributed by atoms with Crippen LogP contribution in [0.15, 0.2) is 63.9 Å². The van der Waals surface area contributed by atoms with Crippen LogP contribution in [-0.4, -0.2) is 26.7 Å². The van der Waals surface area contributed by atoms with Gasteiger partial charge in [-0.05, 0) is 42.1 Å². The topological polar surface area (TPSA) is 123 Å². The molecule has 0 atom stereocenters. The second-order valence-corrected chi connectivity index (χ2v) is 8.68. The monoisotopic (exact) mass is 446 g/mol. The number of non-ortho nitro benzene ring substituents is 1. The van der Waals surface area contributed by atoms with Gasteiger partial charge >= 0.3 is 0 Å². The lowest BCUT2D eigenvalue weighted by Gasteiger charge is -2.14. The molecule has 156 valence electrons. The van der Waals surface area contributed by atoms with E-state index >= 15 is 0 Å². The number of nitro groups is 1. The Bertz CT molecular complexity index is 1210. The first-order valence-electron chi connectivity index (χ1n) is 8.59. The molecule has 0 aliphatic carbocycles. The molecule has 0 saturated heterocycles. The minimum Gasteiger partial charge on any atom is -0.495 e.